The SMILES string of the molecule is CCOC(=O)c1nn(-c2ccc(C)cc2)c(=O)cc1NCc1ccc2c(c1)OCO2. The molecular formula is C22H21N3O5. The number of ether oxygens (including phenoxy) is 3. The fraction of sp³-hybridized carbons (Fsp3) is 0.227. The van der Waals surface area contributed by atoms with Crippen molar-refractivity contribution in [2.75, 3.05) is 18.7 Å². The van der Waals surface area contributed by atoms with Gasteiger partial charge in [-0.2, -0.15) is 9.78 Å². The van der Waals surface area contributed by atoms with E-state index in [1.165, 1.54) is 10.7 Å². The number of aromatic nitrogens is 2. The molecule has 154 valence electrons. The number of hydrogen-bond donors (Lipinski definition) is 1. The van der Waals surface area contributed by atoms with Crippen LogP contribution in [0.15, 0.2) is 53.3 Å². The first-order chi connectivity index (χ1) is 14.5. The summed E-state index contributed by atoms with van der Waals surface area (Å²) in [6, 6.07) is 14.2. The first-order valence-electron chi connectivity index (χ1n) is 9.56. The van der Waals surface area contributed by atoms with E-state index in [2.05, 4.69) is 10.4 Å². The van der Waals surface area contributed by atoms with Crippen LogP contribution in [0.3, 0.4) is 0 Å². The Hall–Kier alpha value is -3.81. The largest absolute Gasteiger partial charge is 0.461 e. The molecule has 30 heavy (non-hydrogen) atoms. The Morgan fingerprint density at radius 1 is 1.13 bits per heavy atom. The third-order valence-corrected chi connectivity index (χ3v) is 4.60. The minimum absolute atomic E-state index is 0.0396. The van der Waals surface area contributed by atoms with Gasteiger partial charge < -0.3 is 19.5 Å². The zero-order chi connectivity index (χ0) is 21.1. The zero-order valence-electron chi connectivity index (χ0n) is 16.7. The van der Waals surface area contributed by atoms with Gasteiger partial charge in [0.15, 0.2) is 17.2 Å². The van der Waals surface area contributed by atoms with Crippen LogP contribution < -0.4 is 20.3 Å². The van der Waals surface area contributed by atoms with Crippen LogP contribution >= 0.6 is 0 Å². The zero-order valence-corrected chi connectivity index (χ0v) is 16.7. The van der Waals surface area contributed by atoms with Gasteiger partial charge in [-0.3, -0.25) is 4.79 Å². The number of aryl methyl sites for hydroxylation is 1. The molecule has 0 aliphatic carbocycles. The standard InChI is InChI=1S/C22H21N3O5/c1-3-28-22(27)21-17(23-12-15-6-9-18-19(10-15)30-13-29-18)11-20(26)25(24-21)16-7-4-14(2)5-8-16/h4-11,23H,3,12-13H2,1-2H3. The summed E-state index contributed by atoms with van der Waals surface area (Å²) in [4.78, 5) is 25.2. The first-order valence-corrected chi connectivity index (χ1v) is 9.56. The fourth-order valence-electron chi connectivity index (χ4n) is 3.06. The van der Waals surface area contributed by atoms with Gasteiger partial charge in [0.25, 0.3) is 5.56 Å². The van der Waals surface area contributed by atoms with Gasteiger partial charge in [-0.05, 0) is 43.7 Å². The fourth-order valence-corrected chi connectivity index (χ4v) is 3.06. The van der Waals surface area contributed by atoms with E-state index in [1.54, 1.807) is 19.1 Å². The lowest BCUT2D eigenvalue weighted by atomic mass is 10.2. The van der Waals surface area contributed by atoms with Gasteiger partial charge in [0.05, 0.1) is 18.0 Å². The highest BCUT2D eigenvalue weighted by molar-refractivity contribution is 5.93. The topological polar surface area (TPSA) is 91.7 Å². The first kappa shape index (κ1) is 19.5. The van der Waals surface area contributed by atoms with Crippen LogP contribution in [-0.2, 0) is 11.3 Å². The van der Waals surface area contributed by atoms with E-state index < -0.39 is 5.97 Å². The van der Waals surface area contributed by atoms with Gasteiger partial charge in [0, 0.05) is 12.6 Å². The molecule has 0 fully saturated rings. The maximum atomic E-state index is 12.7. The molecular weight excluding hydrogens is 386 g/mol. The number of nitrogens with one attached hydrogen (secondary N) is 1. The Morgan fingerprint density at radius 2 is 1.90 bits per heavy atom. The lowest BCUT2D eigenvalue weighted by Gasteiger charge is -2.13. The van der Waals surface area contributed by atoms with E-state index in [9.17, 15) is 9.59 Å². The molecule has 3 aromatic rings. The lowest BCUT2D eigenvalue weighted by Crippen LogP contribution is -2.25. The van der Waals surface area contributed by atoms with Gasteiger partial charge in [-0.25, -0.2) is 4.79 Å². The summed E-state index contributed by atoms with van der Waals surface area (Å²) < 4.78 is 17.0. The summed E-state index contributed by atoms with van der Waals surface area (Å²) in [5.74, 6) is 0.743. The molecule has 1 aliphatic rings. The average Bonchev–Trinajstić information content (AvgIpc) is 3.21. The Labute approximate surface area is 173 Å². The number of esters is 1. The summed E-state index contributed by atoms with van der Waals surface area (Å²) in [7, 11) is 0. The lowest BCUT2D eigenvalue weighted by molar-refractivity contribution is 0.0518. The quantitative estimate of drug-likeness (QED) is 0.628. The summed E-state index contributed by atoms with van der Waals surface area (Å²) in [6.07, 6.45) is 0. The number of benzene rings is 2. The normalized spacial score (nSPS) is 11.9. The summed E-state index contributed by atoms with van der Waals surface area (Å²) >= 11 is 0. The second-order valence-corrected chi connectivity index (χ2v) is 6.75. The average molecular weight is 407 g/mol. The van der Waals surface area contributed by atoms with E-state index in [0.717, 1.165) is 11.1 Å². The molecule has 0 saturated heterocycles. The molecule has 0 unspecified atom stereocenters. The number of rotatable bonds is 6. The third-order valence-electron chi connectivity index (χ3n) is 4.60. The number of anilines is 1. The highest BCUT2D eigenvalue weighted by atomic mass is 16.7. The molecule has 1 aromatic heterocycles. The molecule has 1 N–H and O–H groups in total. The molecule has 0 spiro atoms. The van der Waals surface area contributed by atoms with E-state index >= 15 is 0 Å². The van der Waals surface area contributed by atoms with Crippen molar-refractivity contribution in [2.45, 2.75) is 20.4 Å². The number of nitrogens with zero attached hydrogens (tertiary/aromatic N) is 2. The molecule has 1 aliphatic heterocycles. The number of hydrogen-bond acceptors (Lipinski definition) is 7. The van der Waals surface area contributed by atoms with Gasteiger partial charge in [-0.15, -0.1) is 0 Å². The predicted octanol–water partition coefficient (Wildman–Crippen LogP) is 3.06. The van der Waals surface area contributed by atoms with Crippen molar-refractivity contribution in [1.82, 2.24) is 9.78 Å². The van der Waals surface area contributed by atoms with Crippen LogP contribution in [0, 0.1) is 6.92 Å². The van der Waals surface area contributed by atoms with E-state index in [4.69, 9.17) is 14.2 Å². The monoisotopic (exact) mass is 407 g/mol. The molecule has 0 atom stereocenters. The van der Waals surface area contributed by atoms with E-state index in [-0.39, 0.29) is 24.7 Å². The van der Waals surface area contributed by atoms with Crippen molar-refractivity contribution in [3.05, 3.63) is 75.7 Å². The Kier molecular flexibility index (Phi) is 5.38. The van der Waals surface area contributed by atoms with Crippen LogP contribution in [0.4, 0.5) is 5.69 Å². The molecule has 8 nitrogen and oxygen atoms in total. The third kappa shape index (κ3) is 3.98. The molecule has 2 aromatic carbocycles. The molecule has 0 radical (unpaired) electrons. The summed E-state index contributed by atoms with van der Waals surface area (Å²) in [5.41, 5.74) is 2.51. The maximum absolute atomic E-state index is 12.7. The molecule has 4 rings (SSSR count). The van der Waals surface area contributed by atoms with Crippen molar-refractivity contribution < 1.29 is 19.0 Å². The van der Waals surface area contributed by atoms with Gasteiger partial charge in [-0.1, -0.05) is 23.8 Å². The number of carbonyl (C=O) groups is 1. The smallest absolute Gasteiger partial charge is 0.360 e. The van der Waals surface area contributed by atoms with Gasteiger partial charge in [0.1, 0.15) is 0 Å². The maximum Gasteiger partial charge on any atom is 0.360 e. The van der Waals surface area contributed by atoms with Crippen LogP contribution in [0.5, 0.6) is 11.5 Å². The highest BCUT2D eigenvalue weighted by Gasteiger charge is 2.19. The van der Waals surface area contributed by atoms with Crippen molar-refractivity contribution in [2.24, 2.45) is 0 Å². The molecule has 0 amide bonds. The van der Waals surface area contributed by atoms with Crippen molar-refractivity contribution in [1.29, 1.82) is 0 Å². The van der Waals surface area contributed by atoms with Gasteiger partial charge >= 0.3 is 5.97 Å². The van der Waals surface area contributed by atoms with E-state index in [0.29, 0.717) is 29.4 Å². The number of carbonyl (C=O) groups excluding carboxylic acids is 1. The predicted molar refractivity (Wildman–Crippen MR) is 110 cm³/mol. The molecule has 2 heterocycles. The second-order valence-electron chi connectivity index (χ2n) is 6.75. The Bertz CT molecular complexity index is 1140. The molecule has 0 saturated carbocycles. The molecule has 8 heteroatoms. The van der Waals surface area contributed by atoms with Crippen LogP contribution in [-0.4, -0.2) is 29.1 Å². The molecule has 0 bridgehead atoms. The number of fused-ring (bicyclic) bond motifs is 1. The van der Waals surface area contributed by atoms with Crippen molar-refractivity contribution >= 4 is 11.7 Å². The van der Waals surface area contributed by atoms with Crippen LogP contribution in [0.25, 0.3) is 5.69 Å². The van der Waals surface area contributed by atoms with E-state index in [1.807, 2.05) is 37.3 Å². The Morgan fingerprint density at radius 3 is 2.67 bits per heavy atom. The van der Waals surface area contributed by atoms with Crippen molar-refractivity contribution in [3.63, 3.8) is 0 Å². The van der Waals surface area contributed by atoms with Crippen LogP contribution in [0.2, 0.25) is 0 Å². The van der Waals surface area contributed by atoms with Crippen molar-refractivity contribution in [3.8, 4) is 17.2 Å². The second kappa shape index (κ2) is 8.28. The minimum Gasteiger partial charge on any atom is -0.461 e. The Balaban J connectivity index is 1.65. The summed E-state index contributed by atoms with van der Waals surface area (Å²) in [5, 5.41) is 7.40. The summed E-state index contributed by atoms with van der Waals surface area (Å²) in [6.45, 7) is 4.42. The highest BCUT2D eigenvalue weighted by Crippen LogP contribution is 2.32. The van der Waals surface area contributed by atoms with Gasteiger partial charge in [0.2, 0.25) is 6.79 Å². The minimum atomic E-state index is -0.605. The van der Waals surface area contributed by atoms with Crippen LogP contribution in [0.1, 0.15) is 28.5 Å².